The van der Waals surface area contributed by atoms with E-state index in [0.717, 1.165) is 32.0 Å². The number of rotatable bonds is 2. The van der Waals surface area contributed by atoms with Gasteiger partial charge >= 0.3 is 0 Å². The number of aldehydes is 1. The highest BCUT2D eigenvalue weighted by molar-refractivity contribution is 5.61. The van der Waals surface area contributed by atoms with Crippen molar-refractivity contribution in [3.63, 3.8) is 0 Å². The van der Waals surface area contributed by atoms with Gasteiger partial charge in [-0.1, -0.05) is 48.5 Å². The van der Waals surface area contributed by atoms with Gasteiger partial charge in [-0.15, -0.1) is 0 Å². The Kier molecular flexibility index (Phi) is 5.76. The van der Waals surface area contributed by atoms with Gasteiger partial charge in [-0.05, 0) is 102 Å². The number of allylic oxidation sites excluding steroid dienone is 1. The molecule has 0 aromatic carbocycles. The Morgan fingerprint density at radius 3 is 2.26 bits per heavy atom. The smallest absolute Gasteiger partial charge is 0.128 e. The molecular weight excluding hydrogens is 436 g/mol. The zero-order valence-electron chi connectivity index (χ0n) is 23.5. The summed E-state index contributed by atoms with van der Waals surface area (Å²) in [5, 5.41) is 23.2. The normalized spacial score (nSPS) is 58.0. The van der Waals surface area contributed by atoms with Gasteiger partial charge in [-0.2, -0.15) is 0 Å². The van der Waals surface area contributed by atoms with Crippen molar-refractivity contribution in [1.82, 2.24) is 0 Å². The van der Waals surface area contributed by atoms with E-state index in [1.165, 1.54) is 24.8 Å². The molecule has 4 nitrogen and oxygen atoms in total. The second kappa shape index (κ2) is 7.82. The van der Waals surface area contributed by atoms with E-state index in [-0.39, 0.29) is 39.6 Å². The van der Waals surface area contributed by atoms with Gasteiger partial charge < -0.3 is 19.7 Å². The van der Waals surface area contributed by atoms with E-state index in [9.17, 15) is 15.0 Å². The summed E-state index contributed by atoms with van der Waals surface area (Å²) in [7, 11) is 1.77. The van der Waals surface area contributed by atoms with E-state index < -0.39 is 11.5 Å². The average molecular weight is 487 g/mol. The minimum absolute atomic E-state index is 0.0334. The number of fused-ring (bicyclic) bond motifs is 7. The predicted molar refractivity (Wildman–Crippen MR) is 139 cm³/mol. The van der Waals surface area contributed by atoms with Gasteiger partial charge in [-0.3, -0.25) is 0 Å². The van der Waals surface area contributed by atoms with Crippen molar-refractivity contribution in [3.8, 4) is 0 Å². The summed E-state index contributed by atoms with van der Waals surface area (Å²) >= 11 is 0. The molecule has 0 spiro atoms. The molecule has 0 heterocycles. The number of methoxy groups -OCH3 is 1. The highest BCUT2D eigenvalue weighted by Crippen LogP contribution is 2.76. The Labute approximate surface area is 213 Å². The third kappa shape index (κ3) is 2.96. The van der Waals surface area contributed by atoms with Crippen molar-refractivity contribution in [3.05, 3.63) is 11.3 Å². The van der Waals surface area contributed by atoms with Crippen molar-refractivity contribution in [2.45, 2.75) is 112 Å². The second-order valence-corrected chi connectivity index (χ2v) is 14.8. The first-order valence-electron chi connectivity index (χ1n) is 14.4. The molecule has 4 saturated carbocycles. The van der Waals surface area contributed by atoms with E-state index in [1.807, 2.05) is 6.92 Å². The van der Waals surface area contributed by atoms with Crippen LogP contribution < -0.4 is 0 Å². The van der Waals surface area contributed by atoms with Gasteiger partial charge in [0.25, 0.3) is 0 Å². The number of hydrogen-bond acceptors (Lipinski definition) is 4. The molecule has 0 amide bonds. The summed E-state index contributed by atoms with van der Waals surface area (Å²) in [5.41, 5.74) is 0.500. The molecule has 198 valence electrons. The summed E-state index contributed by atoms with van der Waals surface area (Å²) in [4.78, 5) is 12.4. The Hall–Kier alpha value is -0.870. The summed E-state index contributed by atoms with van der Waals surface area (Å²) < 4.78 is 6.29. The van der Waals surface area contributed by atoms with Crippen LogP contribution in [0.1, 0.15) is 99.8 Å². The second-order valence-electron chi connectivity index (χ2n) is 14.8. The van der Waals surface area contributed by atoms with Crippen molar-refractivity contribution in [1.29, 1.82) is 0 Å². The van der Waals surface area contributed by atoms with Gasteiger partial charge in [0.15, 0.2) is 0 Å². The molecule has 0 aromatic heterocycles. The first-order chi connectivity index (χ1) is 16.2. The maximum absolute atomic E-state index is 12.4. The van der Waals surface area contributed by atoms with Gasteiger partial charge in [-0.25, -0.2) is 0 Å². The summed E-state index contributed by atoms with van der Waals surface area (Å²) in [6.45, 7) is 16.6. The fraction of sp³-hybridized carbons (Fsp3) is 0.903. The van der Waals surface area contributed by atoms with Crippen molar-refractivity contribution in [2.75, 3.05) is 7.11 Å². The third-order valence-corrected chi connectivity index (χ3v) is 13.6. The Bertz CT molecular complexity index is 927. The first kappa shape index (κ1) is 25.8. The Balaban J connectivity index is 1.71. The molecule has 5 aliphatic carbocycles. The molecule has 4 heteroatoms. The van der Waals surface area contributed by atoms with Crippen LogP contribution in [0.3, 0.4) is 0 Å². The largest absolute Gasteiger partial charge is 0.510 e. The average Bonchev–Trinajstić information content (AvgIpc) is 2.81. The number of ether oxygens (including phenoxy) is 1. The van der Waals surface area contributed by atoms with Gasteiger partial charge in [0.1, 0.15) is 18.1 Å². The zero-order chi connectivity index (χ0) is 25.8. The lowest BCUT2D eigenvalue weighted by molar-refractivity contribution is -0.234. The maximum Gasteiger partial charge on any atom is 0.128 e. The van der Waals surface area contributed by atoms with Gasteiger partial charge in [0, 0.05) is 13.0 Å². The van der Waals surface area contributed by atoms with E-state index in [2.05, 4.69) is 41.5 Å². The minimum Gasteiger partial charge on any atom is -0.510 e. The number of aliphatic hydroxyl groups is 2. The topological polar surface area (TPSA) is 66.8 Å². The molecule has 0 aromatic rings. The van der Waals surface area contributed by atoms with Crippen LogP contribution in [0, 0.1) is 56.7 Å². The SMILES string of the molecule is CO[C@@H]1C(O)=C2[C@H]3[C@H](C)[C@@H](C)CC[C@@]3(C)CC[C@@]2(C)[C@@]2(C)CC[C@@H]3[C@](C)(C=O)[C@H](O)CC[C@]3(C)[C@@H]12. The summed E-state index contributed by atoms with van der Waals surface area (Å²) in [6, 6.07) is 0. The molecule has 12 atom stereocenters. The zero-order valence-corrected chi connectivity index (χ0v) is 23.5. The van der Waals surface area contributed by atoms with Crippen LogP contribution in [0.15, 0.2) is 11.3 Å². The molecule has 5 rings (SSSR count). The lowest BCUT2D eigenvalue weighted by atomic mass is 9.32. The standard InChI is InChI=1S/C31H50O4/c1-18-9-12-27(3)15-16-30(6)23(22(27)19(18)2)24(34)25(35-8)26-28(4)13-11-21(33)29(5,17-32)20(28)10-14-31(26,30)7/h17-22,25-26,33-34H,9-16H2,1-8H3/t18-,19+,20-,21+,22+,25+,26+,27-,28-,29-,30+,31-/m0/s1. The molecule has 0 aliphatic heterocycles. The van der Waals surface area contributed by atoms with E-state index in [4.69, 9.17) is 4.74 Å². The van der Waals surface area contributed by atoms with Crippen LogP contribution in [0.25, 0.3) is 0 Å². The Morgan fingerprint density at radius 1 is 0.943 bits per heavy atom. The summed E-state index contributed by atoms with van der Waals surface area (Å²) in [5.74, 6) is 2.30. The molecule has 0 radical (unpaired) electrons. The molecule has 35 heavy (non-hydrogen) atoms. The van der Waals surface area contributed by atoms with Crippen LogP contribution in [0.2, 0.25) is 0 Å². The van der Waals surface area contributed by atoms with Crippen molar-refractivity contribution in [2.24, 2.45) is 56.7 Å². The monoisotopic (exact) mass is 486 g/mol. The highest BCUT2D eigenvalue weighted by Gasteiger charge is 2.72. The first-order valence-corrected chi connectivity index (χ1v) is 14.4. The lowest BCUT2D eigenvalue weighted by Crippen LogP contribution is -2.69. The number of hydrogen-bond donors (Lipinski definition) is 2. The van der Waals surface area contributed by atoms with Crippen molar-refractivity contribution < 1.29 is 19.7 Å². The summed E-state index contributed by atoms with van der Waals surface area (Å²) in [6.07, 6.45) is 8.39. The quantitative estimate of drug-likeness (QED) is 0.426. The number of carbonyl (C=O) groups is 1. The van der Waals surface area contributed by atoms with E-state index >= 15 is 0 Å². The molecule has 5 aliphatic rings. The maximum atomic E-state index is 12.4. The molecule has 2 N–H and O–H groups in total. The minimum atomic E-state index is -0.744. The molecular formula is C31H50O4. The molecule has 4 fully saturated rings. The van der Waals surface area contributed by atoms with Crippen LogP contribution >= 0.6 is 0 Å². The third-order valence-electron chi connectivity index (χ3n) is 13.6. The lowest BCUT2D eigenvalue weighted by Gasteiger charge is -2.72. The van der Waals surface area contributed by atoms with Crippen LogP contribution in [0.5, 0.6) is 0 Å². The highest BCUT2D eigenvalue weighted by atomic mass is 16.5. The van der Waals surface area contributed by atoms with Crippen LogP contribution in [-0.2, 0) is 9.53 Å². The molecule has 0 unspecified atom stereocenters. The number of aliphatic hydroxyl groups excluding tert-OH is 2. The van der Waals surface area contributed by atoms with E-state index in [1.54, 1.807) is 7.11 Å². The molecule has 0 bridgehead atoms. The van der Waals surface area contributed by atoms with Crippen LogP contribution in [-0.4, -0.2) is 35.8 Å². The number of carbonyl (C=O) groups excluding carboxylic acids is 1. The van der Waals surface area contributed by atoms with Crippen molar-refractivity contribution >= 4 is 6.29 Å². The predicted octanol–water partition coefficient (Wildman–Crippen LogP) is 6.71. The molecule has 0 saturated heterocycles. The fourth-order valence-corrected chi connectivity index (χ4v) is 11.1. The Morgan fingerprint density at radius 2 is 1.63 bits per heavy atom. The van der Waals surface area contributed by atoms with Crippen LogP contribution in [0.4, 0.5) is 0 Å². The van der Waals surface area contributed by atoms with Gasteiger partial charge in [0.05, 0.1) is 11.5 Å². The fourth-order valence-electron chi connectivity index (χ4n) is 11.1. The van der Waals surface area contributed by atoms with E-state index in [0.29, 0.717) is 29.9 Å². The van der Waals surface area contributed by atoms with Gasteiger partial charge in [0.2, 0.25) is 0 Å².